The largest absolute Gasteiger partial charge is 0.497 e. The van der Waals surface area contributed by atoms with Gasteiger partial charge < -0.3 is 19.0 Å². The highest BCUT2D eigenvalue weighted by Gasteiger charge is 2.10. The molecule has 1 amide bonds. The lowest BCUT2D eigenvalue weighted by atomic mass is 10.3. The van der Waals surface area contributed by atoms with Crippen molar-refractivity contribution in [3.63, 3.8) is 0 Å². The summed E-state index contributed by atoms with van der Waals surface area (Å²) in [5, 5.41) is 2.76. The Labute approximate surface area is 127 Å². The van der Waals surface area contributed by atoms with Gasteiger partial charge in [0.05, 0.1) is 19.9 Å². The molecular weight excluding hydrogens is 282 g/mol. The summed E-state index contributed by atoms with van der Waals surface area (Å²) in [5.41, 5.74) is 1.25. The van der Waals surface area contributed by atoms with Crippen molar-refractivity contribution >= 4 is 5.91 Å². The Hall–Kier alpha value is -3.02. The highest BCUT2D eigenvalue weighted by Crippen LogP contribution is 2.15. The van der Waals surface area contributed by atoms with Crippen LogP contribution in [0.4, 0.5) is 0 Å². The number of hydrogen-bond donors (Lipinski definition) is 1. The highest BCUT2D eigenvalue weighted by molar-refractivity contribution is 5.92. The second-order valence-corrected chi connectivity index (χ2v) is 4.63. The summed E-state index contributed by atoms with van der Waals surface area (Å²) in [7, 11) is 1.62. The van der Waals surface area contributed by atoms with Crippen LogP contribution in [-0.4, -0.2) is 22.6 Å². The molecule has 0 aliphatic carbocycles. The maximum Gasteiger partial charge on any atom is 0.271 e. The number of carbonyl (C=O) groups is 1. The summed E-state index contributed by atoms with van der Waals surface area (Å²) in [4.78, 5) is 16.2. The lowest BCUT2D eigenvalue weighted by Crippen LogP contribution is -2.22. The van der Waals surface area contributed by atoms with Gasteiger partial charge in [-0.3, -0.25) is 4.79 Å². The van der Waals surface area contributed by atoms with Crippen LogP contribution in [0.25, 0.3) is 5.69 Å². The van der Waals surface area contributed by atoms with Crippen molar-refractivity contribution in [1.29, 1.82) is 0 Å². The van der Waals surface area contributed by atoms with Crippen LogP contribution in [0.1, 0.15) is 16.2 Å². The number of aromatic nitrogens is 2. The van der Waals surface area contributed by atoms with E-state index in [0.29, 0.717) is 18.0 Å². The van der Waals surface area contributed by atoms with Crippen molar-refractivity contribution in [3.05, 3.63) is 66.6 Å². The van der Waals surface area contributed by atoms with E-state index >= 15 is 0 Å². The first-order valence-electron chi connectivity index (χ1n) is 6.75. The number of hydrogen-bond acceptors (Lipinski definition) is 4. The van der Waals surface area contributed by atoms with Gasteiger partial charge in [0.1, 0.15) is 23.5 Å². The molecule has 0 aliphatic heterocycles. The Balaban J connectivity index is 1.68. The number of benzene rings is 1. The van der Waals surface area contributed by atoms with E-state index in [1.54, 1.807) is 42.6 Å². The zero-order valence-corrected chi connectivity index (χ0v) is 12.0. The molecule has 0 bridgehead atoms. The van der Waals surface area contributed by atoms with Gasteiger partial charge in [-0.15, -0.1) is 0 Å². The zero-order valence-electron chi connectivity index (χ0n) is 12.0. The Kier molecular flexibility index (Phi) is 3.91. The molecule has 112 valence electrons. The first kappa shape index (κ1) is 13.9. The predicted octanol–water partition coefficient (Wildman–Crippen LogP) is 2.40. The number of imidazole rings is 1. The maximum absolute atomic E-state index is 12.0. The van der Waals surface area contributed by atoms with Gasteiger partial charge in [-0.25, -0.2) is 4.98 Å². The van der Waals surface area contributed by atoms with Crippen molar-refractivity contribution in [3.8, 4) is 11.4 Å². The van der Waals surface area contributed by atoms with Gasteiger partial charge in [-0.05, 0) is 36.4 Å². The quantitative estimate of drug-likeness (QED) is 0.785. The zero-order chi connectivity index (χ0) is 15.4. The topological polar surface area (TPSA) is 69.3 Å². The molecule has 0 atom stereocenters. The minimum atomic E-state index is -0.247. The average molecular weight is 297 g/mol. The molecule has 2 heterocycles. The number of rotatable bonds is 5. The van der Waals surface area contributed by atoms with Crippen LogP contribution in [0.5, 0.6) is 5.75 Å². The summed E-state index contributed by atoms with van der Waals surface area (Å²) in [6, 6.07) is 11.1. The molecular formula is C16H15N3O3. The molecule has 1 N–H and O–H groups in total. The smallest absolute Gasteiger partial charge is 0.271 e. The molecule has 2 aromatic heterocycles. The van der Waals surface area contributed by atoms with Crippen LogP contribution < -0.4 is 10.1 Å². The highest BCUT2D eigenvalue weighted by atomic mass is 16.5. The summed E-state index contributed by atoms with van der Waals surface area (Å²) in [5.74, 6) is 1.23. The van der Waals surface area contributed by atoms with E-state index in [0.717, 1.165) is 11.4 Å². The van der Waals surface area contributed by atoms with E-state index in [9.17, 15) is 4.79 Å². The van der Waals surface area contributed by atoms with E-state index in [4.69, 9.17) is 9.15 Å². The Bertz CT molecular complexity index is 745. The molecule has 3 rings (SSSR count). The Morgan fingerprint density at radius 3 is 2.82 bits per heavy atom. The minimum Gasteiger partial charge on any atom is -0.497 e. The SMILES string of the molecule is COc1ccc(-n2cnc(C(=O)NCc3ccco3)c2)cc1. The number of nitrogens with one attached hydrogen (secondary N) is 1. The minimum absolute atomic E-state index is 0.247. The predicted molar refractivity (Wildman–Crippen MR) is 80.0 cm³/mol. The first-order valence-corrected chi connectivity index (χ1v) is 6.75. The number of carbonyl (C=O) groups excluding carboxylic acids is 1. The third-order valence-electron chi connectivity index (χ3n) is 3.19. The monoisotopic (exact) mass is 297 g/mol. The fourth-order valence-corrected chi connectivity index (χ4v) is 2.01. The fourth-order valence-electron chi connectivity index (χ4n) is 2.01. The van der Waals surface area contributed by atoms with Gasteiger partial charge in [0, 0.05) is 11.9 Å². The number of methoxy groups -OCH3 is 1. The molecule has 0 fully saturated rings. The second kappa shape index (κ2) is 6.17. The van der Waals surface area contributed by atoms with Crippen LogP contribution in [0.3, 0.4) is 0 Å². The van der Waals surface area contributed by atoms with Crippen LogP contribution in [0.2, 0.25) is 0 Å². The molecule has 0 radical (unpaired) electrons. The first-order chi connectivity index (χ1) is 10.8. The van der Waals surface area contributed by atoms with Crippen molar-refractivity contribution in [2.24, 2.45) is 0 Å². The molecule has 1 aromatic carbocycles. The lowest BCUT2D eigenvalue weighted by molar-refractivity contribution is 0.0943. The normalized spacial score (nSPS) is 10.4. The fraction of sp³-hybridized carbons (Fsp3) is 0.125. The van der Waals surface area contributed by atoms with Gasteiger partial charge in [0.25, 0.3) is 5.91 Å². The molecule has 3 aromatic rings. The number of amides is 1. The average Bonchev–Trinajstić information content (AvgIpc) is 3.24. The summed E-state index contributed by atoms with van der Waals surface area (Å²) < 4.78 is 12.1. The molecule has 0 unspecified atom stereocenters. The third kappa shape index (κ3) is 3.01. The number of furan rings is 1. The van der Waals surface area contributed by atoms with Crippen LogP contribution in [0.15, 0.2) is 59.6 Å². The van der Waals surface area contributed by atoms with Crippen molar-refractivity contribution in [2.75, 3.05) is 7.11 Å². The van der Waals surface area contributed by atoms with E-state index < -0.39 is 0 Å². The van der Waals surface area contributed by atoms with E-state index in [2.05, 4.69) is 10.3 Å². The van der Waals surface area contributed by atoms with Gasteiger partial charge in [0.2, 0.25) is 0 Å². The van der Waals surface area contributed by atoms with E-state index in [-0.39, 0.29) is 5.91 Å². The van der Waals surface area contributed by atoms with Crippen LogP contribution >= 0.6 is 0 Å². The maximum atomic E-state index is 12.0. The Morgan fingerprint density at radius 1 is 1.32 bits per heavy atom. The van der Waals surface area contributed by atoms with Gasteiger partial charge in [-0.2, -0.15) is 0 Å². The second-order valence-electron chi connectivity index (χ2n) is 4.63. The number of ether oxygens (including phenoxy) is 1. The van der Waals surface area contributed by atoms with Gasteiger partial charge in [0.15, 0.2) is 0 Å². The van der Waals surface area contributed by atoms with Gasteiger partial charge in [-0.1, -0.05) is 0 Å². The molecule has 22 heavy (non-hydrogen) atoms. The third-order valence-corrected chi connectivity index (χ3v) is 3.19. The van der Waals surface area contributed by atoms with Crippen LogP contribution in [-0.2, 0) is 6.54 Å². The molecule has 6 nitrogen and oxygen atoms in total. The Morgan fingerprint density at radius 2 is 2.14 bits per heavy atom. The van der Waals surface area contributed by atoms with Crippen LogP contribution in [0, 0.1) is 0 Å². The van der Waals surface area contributed by atoms with Crippen molar-refractivity contribution in [1.82, 2.24) is 14.9 Å². The molecule has 0 saturated carbocycles. The molecule has 0 saturated heterocycles. The molecule has 6 heteroatoms. The van der Waals surface area contributed by atoms with Crippen molar-refractivity contribution < 1.29 is 13.9 Å². The van der Waals surface area contributed by atoms with Gasteiger partial charge >= 0.3 is 0 Å². The van der Waals surface area contributed by atoms with E-state index in [1.165, 1.54) is 0 Å². The van der Waals surface area contributed by atoms with Crippen molar-refractivity contribution in [2.45, 2.75) is 6.54 Å². The molecule has 0 spiro atoms. The molecule has 0 aliphatic rings. The van der Waals surface area contributed by atoms with E-state index in [1.807, 2.05) is 24.3 Å². The lowest BCUT2D eigenvalue weighted by Gasteiger charge is -2.03. The standard InChI is InChI=1S/C16H15N3O3/c1-21-13-6-4-12(5-7-13)19-10-15(18-11-19)16(20)17-9-14-3-2-8-22-14/h2-8,10-11H,9H2,1H3,(H,17,20). The summed E-state index contributed by atoms with van der Waals surface area (Å²) in [6.07, 6.45) is 4.85. The summed E-state index contributed by atoms with van der Waals surface area (Å²) in [6.45, 7) is 0.335. The number of nitrogens with zero attached hydrogens (tertiary/aromatic N) is 2. The summed E-state index contributed by atoms with van der Waals surface area (Å²) >= 11 is 0.